The Labute approximate surface area is 97.1 Å². The minimum Gasteiger partial charge on any atom is -0.464 e. The van der Waals surface area contributed by atoms with Crippen molar-refractivity contribution in [3.05, 3.63) is 0 Å². The molecule has 4 nitrogen and oxygen atoms in total. The summed E-state index contributed by atoms with van der Waals surface area (Å²) in [5, 5.41) is 3.21. The van der Waals surface area contributed by atoms with Gasteiger partial charge in [-0.05, 0) is 39.8 Å². The Bertz CT molecular complexity index is 188. The van der Waals surface area contributed by atoms with Gasteiger partial charge in [0.1, 0.15) is 0 Å². The fourth-order valence-corrected chi connectivity index (χ4v) is 1.78. The second-order valence-electron chi connectivity index (χ2n) is 3.40. The number of nitrogens with one attached hydrogen (secondary N) is 1. The van der Waals surface area contributed by atoms with Crippen LogP contribution in [0.1, 0.15) is 26.7 Å². The van der Waals surface area contributed by atoms with E-state index in [0.29, 0.717) is 26.1 Å². The highest BCUT2D eigenvalue weighted by Crippen LogP contribution is 2.24. The third kappa shape index (κ3) is 3.63. The molecule has 0 unspecified atom stereocenters. The quantitative estimate of drug-likeness (QED) is 0.745. The molecule has 0 aromatic carbocycles. The highest BCUT2D eigenvalue weighted by Gasteiger charge is 2.41. The normalized spacial score (nSPS) is 19.1. The summed E-state index contributed by atoms with van der Waals surface area (Å²) in [6, 6.07) is 0. The summed E-state index contributed by atoms with van der Waals surface area (Å²) in [4.78, 5) is 11.7. The van der Waals surface area contributed by atoms with E-state index in [9.17, 15) is 4.79 Å². The molecular weight excluding hydrogens is 218 g/mol. The number of ether oxygens (including phenoxy) is 2. The van der Waals surface area contributed by atoms with Gasteiger partial charge in [-0.15, -0.1) is 12.4 Å². The molecule has 1 aliphatic heterocycles. The molecule has 0 amide bonds. The number of rotatable bonds is 4. The molecule has 1 N–H and O–H groups in total. The molecule has 1 heterocycles. The van der Waals surface area contributed by atoms with Crippen LogP contribution in [0.4, 0.5) is 0 Å². The average molecular weight is 238 g/mol. The third-order valence-corrected chi connectivity index (χ3v) is 2.48. The van der Waals surface area contributed by atoms with Crippen molar-refractivity contribution in [3.8, 4) is 0 Å². The van der Waals surface area contributed by atoms with Crippen LogP contribution in [0.2, 0.25) is 0 Å². The Morgan fingerprint density at radius 1 is 1.27 bits per heavy atom. The van der Waals surface area contributed by atoms with Crippen molar-refractivity contribution >= 4 is 18.4 Å². The summed E-state index contributed by atoms with van der Waals surface area (Å²) in [6.07, 6.45) is 1.42. The van der Waals surface area contributed by atoms with E-state index in [1.807, 2.05) is 13.8 Å². The lowest BCUT2D eigenvalue weighted by molar-refractivity contribution is -0.175. The highest BCUT2D eigenvalue weighted by molar-refractivity contribution is 5.85. The molecule has 0 atom stereocenters. The van der Waals surface area contributed by atoms with Crippen molar-refractivity contribution in [2.24, 2.45) is 0 Å². The van der Waals surface area contributed by atoms with Crippen molar-refractivity contribution in [2.45, 2.75) is 32.3 Å². The Hall–Kier alpha value is -0.320. The van der Waals surface area contributed by atoms with Gasteiger partial charge in [0.15, 0.2) is 5.60 Å². The fourth-order valence-electron chi connectivity index (χ4n) is 1.78. The topological polar surface area (TPSA) is 47.6 Å². The van der Waals surface area contributed by atoms with Gasteiger partial charge in [0.25, 0.3) is 0 Å². The summed E-state index contributed by atoms with van der Waals surface area (Å²) >= 11 is 0. The summed E-state index contributed by atoms with van der Waals surface area (Å²) < 4.78 is 10.6. The lowest BCUT2D eigenvalue weighted by Crippen LogP contribution is -2.50. The van der Waals surface area contributed by atoms with E-state index in [4.69, 9.17) is 9.47 Å². The Morgan fingerprint density at radius 3 is 2.33 bits per heavy atom. The van der Waals surface area contributed by atoms with Gasteiger partial charge in [-0.1, -0.05) is 0 Å². The van der Waals surface area contributed by atoms with Crippen molar-refractivity contribution in [1.82, 2.24) is 5.32 Å². The fraction of sp³-hybridized carbons (Fsp3) is 0.900. The van der Waals surface area contributed by atoms with Gasteiger partial charge in [-0.2, -0.15) is 0 Å². The summed E-state index contributed by atoms with van der Waals surface area (Å²) in [5.74, 6) is -0.205. The SMILES string of the molecule is CCOC(=O)C1(OCC)CCNCC1.Cl. The van der Waals surface area contributed by atoms with Crippen LogP contribution in [0.25, 0.3) is 0 Å². The van der Waals surface area contributed by atoms with Gasteiger partial charge in [0.2, 0.25) is 0 Å². The number of piperidine rings is 1. The first-order chi connectivity index (χ1) is 6.75. The van der Waals surface area contributed by atoms with E-state index in [0.717, 1.165) is 13.1 Å². The molecule has 0 aliphatic carbocycles. The van der Waals surface area contributed by atoms with Crippen LogP contribution in [-0.4, -0.2) is 37.9 Å². The number of carbonyl (C=O) groups excluding carboxylic acids is 1. The largest absolute Gasteiger partial charge is 0.464 e. The van der Waals surface area contributed by atoms with Crippen LogP contribution in [0.5, 0.6) is 0 Å². The number of carbonyl (C=O) groups is 1. The Kier molecular flexibility index (Phi) is 6.89. The van der Waals surface area contributed by atoms with Crippen LogP contribution in [0, 0.1) is 0 Å². The molecule has 0 spiro atoms. The molecule has 0 aromatic rings. The molecule has 0 bridgehead atoms. The van der Waals surface area contributed by atoms with Gasteiger partial charge in [0.05, 0.1) is 6.61 Å². The summed E-state index contributed by atoms with van der Waals surface area (Å²) in [6.45, 7) is 6.33. The number of hydrogen-bond acceptors (Lipinski definition) is 4. The molecular formula is C10H20ClNO3. The zero-order chi connectivity index (χ0) is 10.4. The second kappa shape index (κ2) is 7.04. The van der Waals surface area contributed by atoms with E-state index < -0.39 is 5.60 Å². The zero-order valence-electron chi connectivity index (χ0n) is 9.38. The van der Waals surface area contributed by atoms with E-state index in [1.54, 1.807) is 0 Å². The van der Waals surface area contributed by atoms with Crippen molar-refractivity contribution in [2.75, 3.05) is 26.3 Å². The Morgan fingerprint density at radius 2 is 1.87 bits per heavy atom. The molecule has 15 heavy (non-hydrogen) atoms. The van der Waals surface area contributed by atoms with E-state index >= 15 is 0 Å². The molecule has 1 rings (SSSR count). The van der Waals surface area contributed by atoms with Crippen LogP contribution >= 0.6 is 12.4 Å². The van der Waals surface area contributed by atoms with Crippen LogP contribution in [0.15, 0.2) is 0 Å². The molecule has 0 aromatic heterocycles. The zero-order valence-corrected chi connectivity index (χ0v) is 10.2. The average Bonchev–Trinajstić information content (AvgIpc) is 2.20. The minimum absolute atomic E-state index is 0. The molecule has 0 saturated carbocycles. The van der Waals surface area contributed by atoms with Crippen molar-refractivity contribution in [1.29, 1.82) is 0 Å². The van der Waals surface area contributed by atoms with Crippen LogP contribution in [0.3, 0.4) is 0 Å². The van der Waals surface area contributed by atoms with Crippen LogP contribution < -0.4 is 5.32 Å². The van der Waals surface area contributed by atoms with Gasteiger partial charge in [-0.25, -0.2) is 4.79 Å². The summed E-state index contributed by atoms with van der Waals surface area (Å²) in [7, 11) is 0. The standard InChI is InChI=1S/C10H19NO3.ClH/c1-3-13-9(12)10(14-4-2)5-7-11-8-6-10;/h11H,3-8H2,1-2H3;1H. The third-order valence-electron chi connectivity index (χ3n) is 2.48. The summed E-state index contributed by atoms with van der Waals surface area (Å²) in [5.41, 5.74) is -0.685. The van der Waals surface area contributed by atoms with E-state index in [2.05, 4.69) is 5.32 Å². The minimum atomic E-state index is -0.685. The van der Waals surface area contributed by atoms with Crippen molar-refractivity contribution < 1.29 is 14.3 Å². The number of halogens is 1. The van der Waals surface area contributed by atoms with Gasteiger partial charge >= 0.3 is 5.97 Å². The number of hydrogen-bond donors (Lipinski definition) is 1. The molecule has 1 aliphatic rings. The van der Waals surface area contributed by atoms with Gasteiger partial charge in [-0.3, -0.25) is 0 Å². The maximum atomic E-state index is 11.7. The molecule has 5 heteroatoms. The second-order valence-corrected chi connectivity index (χ2v) is 3.40. The first-order valence-electron chi connectivity index (χ1n) is 5.27. The van der Waals surface area contributed by atoms with Gasteiger partial charge in [0, 0.05) is 6.61 Å². The lowest BCUT2D eigenvalue weighted by atomic mass is 9.92. The highest BCUT2D eigenvalue weighted by atomic mass is 35.5. The van der Waals surface area contributed by atoms with Gasteiger partial charge < -0.3 is 14.8 Å². The predicted octanol–water partition coefficient (Wildman–Crippen LogP) is 1.13. The lowest BCUT2D eigenvalue weighted by Gasteiger charge is -2.34. The maximum Gasteiger partial charge on any atom is 0.338 e. The van der Waals surface area contributed by atoms with Crippen LogP contribution in [-0.2, 0) is 14.3 Å². The predicted molar refractivity (Wildman–Crippen MR) is 60.3 cm³/mol. The molecule has 0 radical (unpaired) electrons. The first-order valence-corrected chi connectivity index (χ1v) is 5.27. The number of esters is 1. The monoisotopic (exact) mass is 237 g/mol. The van der Waals surface area contributed by atoms with E-state index in [1.165, 1.54) is 0 Å². The maximum absolute atomic E-state index is 11.7. The molecule has 90 valence electrons. The van der Waals surface area contributed by atoms with E-state index in [-0.39, 0.29) is 18.4 Å². The first kappa shape index (κ1) is 14.7. The smallest absolute Gasteiger partial charge is 0.338 e. The molecule has 1 saturated heterocycles. The Balaban J connectivity index is 0.00000196. The van der Waals surface area contributed by atoms with Crippen molar-refractivity contribution in [3.63, 3.8) is 0 Å². The molecule has 1 fully saturated rings.